The molecule has 30 heavy (non-hydrogen) atoms. The number of carbonyl (C=O) groups excluding carboxylic acids is 1. The van der Waals surface area contributed by atoms with E-state index >= 15 is 0 Å². The Hall–Kier alpha value is -3.12. The highest BCUT2D eigenvalue weighted by atomic mass is 32.1. The van der Waals surface area contributed by atoms with E-state index in [1.165, 1.54) is 5.56 Å². The average molecular weight is 421 g/mol. The van der Waals surface area contributed by atoms with Gasteiger partial charge in [0, 0.05) is 23.9 Å². The van der Waals surface area contributed by atoms with Gasteiger partial charge in [0.2, 0.25) is 5.91 Å². The molecule has 154 valence electrons. The van der Waals surface area contributed by atoms with E-state index in [-0.39, 0.29) is 11.8 Å². The first-order valence-electron chi connectivity index (χ1n) is 9.96. The van der Waals surface area contributed by atoms with E-state index in [0.717, 1.165) is 34.2 Å². The second kappa shape index (κ2) is 9.59. The normalized spacial score (nSPS) is 15.4. The van der Waals surface area contributed by atoms with Gasteiger partial charge in [-0.1, -0.05) is 30.3 Å². The number of benzene rings is 2. The van der Waals surface area contributed by atoms with Gasteiger partial charge in [-0.3, -0.25) is 4.79 Å². The van der Waals surface area contributed by atoms with Crippen molar-refractivity contribution in [2.45, 2.75) is 20.0 Å². The van der Waals surface area contributed by atoms with Crippen molar-refractivity contribution in [1.82, 2.24) is 10.3 Å². The number of aromatic nitrogens is 1. The molecule has 6 heteroatoms. The van der Waals surface area contributed by atoms with Crippen LogP contribution in [0.15, 0.2) is 60.0 Å². The smallest absolute Gasteiger partial charge is 0.244 e. The number of rotatable bonds is 7. The molecule has 0 spiro atoms. The molecule has 0 saturated heterocycles. The summed E-state index contributed by atoms with van der Waals surface area (Å²) >= 11 is 1.61. The second-order valence-corrected chi connectivity index (χ2v) is 8.35. The van der Waals surface area contributed by atoms with E-state index < -0.39 is 0 Å². The zero-order valence-corrected chi connectivity index (χ0v) is 17.7. The van der Waals surface area contributed by atoms with Crippen LogP contribution >= 0.6 is 11.3 Å². The van der Waals surface area contributed by atoms with Crippen molar-refractivity contribution in [2.24, 2.45) is 5.92 Å². The predicted molar refractivity (Wildman–Crippen MR) is 119 cm³/mol. The Morgan fingerprint density at radius 2 is 2.20 bits per heavy atom. The van der Waals surface area contributed by atoms with Gasteiger partial charge in [-0.25, -0.2) is 4.98 Å². The van der Waals surface area contributed by atoms with Crippen molar-refractivity contribution in [3.05, 3.63) is 81.8 Å². The summed E-state index contributed by atoms with van der Waals surface area (Å²) in [6.07, 6.45) is 4.26. The number of amides is 1. The Labute approximate surface area is 180 Å². The number of carbonyl (C=O) groups is 1. The number of hydrogen-bond donors (Lipinski definition) is 1. The molecule has 0 radical (unpaired) electrons. The number of thiazole rings is 1. The van der Waals surface area contributed by atoms with Gasteiger partial charge in [0.25, 0.3) is 0 Å². The molecule has 5 nitrogen and oxygen atoms in total. The van der Waals surface area contributed by atoms with Crippen molar-refractivity contribution in [2.75, 3.05) is 13.2 Å². The lowest BCUT2D eigenvalue weighted by Crippen LogP contribution is -2.33. The van der Waals surface area contributed by atoms with Gasteiger partial charge in [-0.2, -0.15) is 0 Å². The van der Waals surface area contributed by atoms with Crippen molar-refractivity contribution >= 4 is 23.3 Å². The molecular formula is C24H24N2O3S. The maximum atomic E-state index is 12.2. The number of nitrogens with zero attached hydrogens (tertiary/aromatic N) is 1. The fourth-order valence-corrected chi connectivity index (χ4v) is 3.93. The first-order valence-corrected chi connectivity index (χ1v) is 10.8. The third-order valence-electron chi connectivity index (χ3n) is 4.86. The minimum absolute atomic E-state index is 0.113. The highest BCUT2D eigenvalue weighted by molar-refractivity contribution is 7.09. The number of fused-ring (bicyclic) bond motifs is 1. The molecule has 0 saturated carbocycles. The van der Waals surface area contributed by atoms with Crippen LogP contribution in [0.3, 0.4) is 0 Å². The maximum absolute atomic E-state index is 12.2. The number of hydrogen-bond acceptors (Lipinski definition) is 5. The molecule has 1 aromatic heterocycles. The molecule has 4 rings (SSSR count). The van der Waals surface area contributed by atoms with Crippen LogP contribution in [0, 0.1) is 12.8 Å². The number of nitrogens with one attached hydrogen (secondary N) is 1. The molecule has 0 aliphatic carbocycles. The van der Waals surface area contributed by atoms with Crippen LogP contribution in [0.2, 0.25) is 0 Å². The van der Waals surface area contributed by atoms with Crippen LogP contribution in [-0.2, 0) is 17.8 Å². The minimum atomic E-state index is -0.113. The monoisotopic (exact) mass is 420 g/mol. The fourth-order valence-electron chi connectivity index (χ4n) is 3.34. The van der Waals surface area contributed by atoms with Gasteiger partial charge in [-0.05, 0) is 48.7 Å². The van der Waals surface area contributed by atoms with E-state index in [9.17, 15) is 4.79 Å². The topological polar surface area (TPSA) is 60.5 Å². The van der Waals surface area contributed by atoms with Gasteiger partial charge in [0.15, 0.2) is 0 Å². The van der Waals surface area contributed by atoms with Gasteiger partial charge in [0.05, 0.1) is 17.3 Å². The van der Waals surface area contributed by atoms with Crippen molar-refractivity contribution < 1.29 is 14.3 Å². The van der Waals surface area contributed by atoms with E-state index in [0.29, 0.717) is 19.8 Å². The number of para-hydroxylation sites is 1. The first-order chi connectivity index (χ1) is 14.7. The largest absolute Gasteiger partial charge is 0.493 e. The van der Waals surface area contributed by atoms with Crippen molar-refractivity contribution in [3.63, 3.8) is 0 Å². The van der Waals surface area contributed by atoms with Gasteiger partial charge < -0.3 is 14.8 Å². The van der Waals surface area contributed by atoms with Gasteiger partial charge in [-0.15, -0.1) is 11.3 Å². The highest BCUT2D eigenvalue weighted by Crippen LogP contribution is 2.26. The molecule has 0 fully saturated rings. The molecule has 1 aliphatic rings. The summed E-state index contributed by atoms with van der Waals surface area (Å²) in [4.78, 5) is 16.6. The quantitative estimate of drug-likeness (QED) is 0.575. The summed E-state index contributed by atoms with van der Waals surface area (Å²) in [6.45, 7) is 3.63. The molecular weight excluding hydrogens is 396 g/mol. The number of ether oxygens (including phenoxy) is 2. The SMILES string of the molecule is Cc1nc(COc2cccc(/C=C/C(=O)NCC3COc4ccccc4C3)c2)cs1. The summed E-state index contributed by atoms with van der Waals surface area (Å²) in [5.41, 5.74) is 3.03. The molecule has 0 bridgehead atoms. The van der Waals surface area contributed by atoms with Crippen LogP contribution in [0.1, 0.15) is 21.8 Å². The standard InChI is InChI=1S/C24H24N2O3S/c1-17-26-21(16-30-17)15-28-22-7-4-5-18(12-22)9-10-24(27)25-13-19-11-20-6-2-3-8-23(20)29-14-19/h2-10,12,16,19H,11,13-15H2,1H3,(H,25,27)/b10-9+. The lowest BCUT2D eigenvalue weighted by Gasteiger charge is -2.25. The third-order valence-corrected chi connectivity index (χ3v) is 5.68. The van der Waals surface area contributed by atoms with Gasteiger partial charge in [0.1, 0.15) is 18.1 Å². The zero-order valence-electron chi connectivity index (χ0n) is 16.8. The highest BCUT2D eigenvalue weighted by Gasteiger charge is 2.19. The molecule has 1 N–H and O–H groups in total. The minimum Gasteiger partial charge on any atom is -0.493 e. The summed E-state index contributed by atoms with van der Waals surface area (Å²) < 4.78 is 11.6. The van der Waals surface area contributed by atoms with Gasteiger partial charge >= 0.3 is 0 Å². The summed E-state index contributed by atoms with van der Waals surface area (Å²) in [5.74, 6) is 1.87. The maximum Gasteiger partial charge on any atom is 0.244 e. The van der Waals surface area contributed by atoms with E-state index in [1.807, 2.05) is 54.8 Å². The molecule has 1 unspecified atom stereocenters. The summed E-state index contributed by atoms with van der Waals surface area (Å²) in [6, 6.07) is 15.7. The van der Waals surface area contributed by atoms with Crippen LogP contribution in [0.4, 0.5) is 0 Å². The Morgan fingerprint density at radius 3 is 3.07 bits per heavy atom. The third kappa shape index (κ3) is 5.48. The average Bonchev–Trinajstić information content (AvgIpc) is 3.20. The predicted octanol–water partition coefficient (Wildman–Crippen LogP) is 4.41. The summed E-state index contributed by atoms with van der Waals surface area (Å²) in [5, 5.41) is 6.00. The Kier molecular flexibility index (Phi) is 6.44. The fraction of sp³-hybridized carbons (Fsp3) is 0.250. The Bertz CT molecular complexity index is 1040. The van der Waals surface area contributed by atoms with Crippen molar-refractivity contribution in [1.29, 1.82) is 0 Å². The lowest BCUT2D eigenvalue weighted by molar-refractivity contribution is -0.116. The first kappa shape index (κ1) is 20.2. The molecule has 3 aromatic rings. The molecule has 1 amide bonds. The molecule has 1 atom stereocenters. The molecule has 2 aromatic carbocycles. The zero-order chi connectivity index (χ0) is 20.8. The Balaban J connectivity index is 1.26. The Morgan fingerprint density at radius 1 is 1.30 bits per heavy atom. The van der Waals surface area contributed by atoms with Crippen LogP contribution in [0.25, 0.3) is 6.08 Å². The lowest BCUT2D eigenvalue weighted by atomic mass is 9.97. The summed E-state index contributed by atoms with van der Waals surface area (Å²) in [7, 11) is 0. The van der Waals surface area contributed by atoms with Crippen LogP contribution < -0.4 is 14.8 Å². The number of aryl methyl sites for hydroxylation is 1. The van der Waals surface area contributed by atoms with Crippen molar-refractivity contribution in [3.8, 4) is 11.5 Å². The molecule has 1 aliphatic heterocycles. The van der Waals surface area contributed by atoms with Crippen LogP contribution in [-0.4, -0.2) is 24.0 Å². The van der Waals surface area contributed by atoms with E-state index in [4.69, 9.17) is 9.47 Å². The molecule has 2 heterocycles. The second-order valence-electron chi connectivity index (χ2n) is 7.29. The van der Waals surface area contributed by atoms with Crippen LogP contribution in [0.5, 0.6) is 11.5 Å². The van der Waals surface area contributed by atoms with E-state index in [2.05, 4.69) is 16.4 Å². The van der Waals surface area contributed by atoms with E-state index in [1.54, 1.807) is 23.5 Å².